The van der Waals surface area contributed by atoms with Crippen LogP contribution in [0, 0.1) is 27.7 Å². The molecule has 24 heavy (non-hydrogen) atoms. The number of aromatic hydroxyl groups is 1. The third-order valence-electron chi connectivity index (χ3n) is 4.11. The second kappa shape index (κ2) is 7.30. The molecule has 0 fully saturated rings. The van der Waals surface area contributed by atoms with Crippen molar-refractivity contribution in [2.24, 2.45) is 5.10 Å². The number of hydrazone groups is 1. The Morgan fingerprint density at radius 1 is 1.04 bits per heavy atom. The van der Waals surface area contributed by atoms with Gasteiger partial charge in [0.2, 0.25) is 5.91 Å². The molecule has 0 saturated heterocycles. The topological polar surface area (TPSA) is 61.7 Å². The van der Waals surface area contributed by atoms with E-state index in [1.807, 2.05) is 58.9 Å². The molecule has 0 saturated carbocycles. The Balaban J connectivity index is 2.08. The smallest absolute Gasteiger partial charge is 0.244 e. The molecular formula is C20H24N2O2. The number of hydrogen-bond donors (Lipinski definition) is 2. The number of nitrogens with one attached hydrogen (secondary N) is 1. The molecule has 2 aromatic rings. The van der Waals surface area contributed by atoms with E-state index in [2.05, 4.69) is 16.6 Å². The van der Waals surface area contributed by atoms with Crippen molar-refractivity contribution in [1.82, 2.24) is 5.43 Å². The Kier molecular flexibility index (Phi) is 5.39. The third kappa shape index (κ3) is 4.22. The number of aryl methyl sites for hydroxylation is 4. The normalized spacial score (nSPS) is 11.5. The predicted octanol–water partition coefficient (Wildman–Crippen LogP) is 3.71. The molecule has 0 aromatic heterocycles. The van der Waals surface area contributed by atoms with E-state index in [0.29, 0.717) is 17.9 Å². The minimum atomic E-state index is -0.145. The van der Waals surface area contributed by atoms with Crippen LogP contribution in [0.2, 0.25) is 0 Å². The van der Waals surface area contributed by atoms with Crippen LogP contribution >= 0.6 is 0 Å². The molecule has 4 heteroatoms. The average Bonchev–Trinajstić information content (AvgIpc) is 2.52. The number of amides is 1. The molecule has 0 bridgehead atoms. The zero-order chi connectivity index (χ0) is 17.9. The van der Waals surface area contributed by atoms with E-state index >= 15 is 0 Å². The van der Waals surface area contributed by atoms with Crippen LogP contribution in [-0.4, -0.2) is 16.7 Å². The number of carbonyl (C=O) groups is 1. The number of nitrogens with zero attached hydrogens (tertiary/aromatic N) is 1. The highest BCUT2D eigenvalue weighted by Crippen LogP contribution is 2.23. The van der Waals surface area contributed by atoms with Crippen LogP contribution in [-0.2, 0) is 11.2 Å². The highest BCUT2D eigenvalue weighted by molar-refractivity contribution is 5.99. The zero-order valence-electron chi connectivity index (χ0n) is 14.9. The van der Waals surface area contributed by atoms with Crippen LogP contribution in [0.1, 0.15) is 40.3 Å². The molecule has 126 valence electrons. The van der Waals surface area contributed by atoms with Gasteiger partial charge in [0.15, 0.2) is 0 Å². The lowest BCUT2D eigenvalue weighted by atomic mass is 10.0. The molecule has 2 rings (SSSR count). The van der Waals surface area contributed by atoms with Crippen molar-refractivity contribution in [1.29, 1.82) is 0 Å². The van der Waals surface area contributed by atoms with Crippen LogP contribution in [0.3, 0.4) is 0 Å². The first-order valence-corrected chi connectivity index (χ1v) is 7.97. The molecule has 4 nitrogen and oxygen atoms in total. The van der Waals surface area contributed by atoms with Crippen molar-refractivity contribution in [3.8, 4) is 5.75 Å². The highest BCUT2D eigenvalue weighted by atomic mass is 16.3. The number of phenolic OH excluding ortho intramolecular Hbond substituents is 1. The lowest BCUT2D eigenvalue weighted by Gasteiger charge is -2.09. The Morgan fingerprint density at radius 2 is 1.67 bits per heavy atom. The predicted molar refractivity (Wildman–Crippen MR) is 97.6 cm³/mol. The van der Waals surface area contributed by atoms with E-state index in [9.17, 15) is 9.90 Å². The van der Waals surface area contributed by atoms with Crippen molar-refractivity contribution in [3.63, 3.8) is 0 Å². The van der Waals surface area contributed by atoms with E-state index < -0.39 is 0 Å². The Labute approximate surface area is 143 Å². The van der Waals surface area contributed by atoms with E-state index in [4.69, 9.17) is 0 Å². The van der Waals surface area contributed by atoms with Gasteiger partial charge >= 0.3 is 0 Å². The maximum absolute atomic E-state index is 12.1. The SMILES string of the molecule is C/C(=N/NC(=O)Cc1ccc(C)cc1C)c1cc(C)c(O)c(C)c1. The van der Waals surface area contributed by atoms with Crippen molar-refractivity contribution >= 4 is 11.6 Å². The Bertz CT molecular complexity index is 784. The summed E-state index contributed by atoms with van der Waals surface area (Å²) in [5.74, 6) is 0.152. The minimum absolute atomic E-state index is 0.145. The van der Waals surface area contributed by atoms with Crippen LogP contribution < -0.4 is 5.43 Å². The van der Waals surface area contributed by atoms with E-state index in [-0.39, 0.29) is 5.91 Å². The molecule has 0 aliphatic carbocycles. The second-order valence-corrected chi connectivity index (χ2v) is 6.30. The minimum Gasteiger partial charge on any atom is -0.507 e. The monoisotopic (exact) mass is 324 g/mol. The van der Waals surface area contributed by atoms with Crippen molar-refractivity contribution < 1.29 is 9.90 Å². The standard InChI is InChI=1S/C20H24N2O2/c1-12-6-7-17(13(2)8-12)11-19(23)22-21-16(5)18-9-14(3)20(24)15(4)10-18/h6-10,24H,11H2,1-5H3,(H,22,23)/b21-16-. The van der Waals surface area contributed by atoms with Gasteiger partial charge in [0.05, 0.1) is 12.1 Å². The van der Waals surface area contributed by atoms with Gasteiger partial charge in [0.1, 0.15) is 5.75 Å². The molecule has 1 amide bonds. The van der Waals surface area contributed by atoms with Crippen LogP contribution in [0.15, 0.2) is 35.4 Å². The summed E-state index contributed by atoms with van der Waals surface area (Å²) in [6.07, 6.45) is 0.302. The number of benzene rings is 2. The van der Waals surface area contributed by atoms with Crippen LogP contribution in [0.5, 0.6) is 5.75 Å². The van der Waals surface area contributed by atoms with E-state index in [1.54, 1.807) is 0 Å². The maximum atomic E-state index is 12.1. The van der Waals surface area contributed by atoms with Crippen molar-refractivity contribution in [3.05, 3.63) is 63.7 Å². The fraction of sp³-hybridized carbons (Fsp3) is 0.300. The van der Waals surface area contributed by atoms with Gasteiger partial charge in [-0.3, -0.25) is 4.79 Å². The lowest BCUT2D eigenvalue weighted by Crippen LogP contribution is -2.21. The molecule has 0 aliphatic rings. The van der Waals surface area contributed by atoms with Gasteiger partial charge < -0.3 is 5.11 Å². The summed E-state index contributed by atoms with van der Waals surface area (Å²) in [6, 6.07) is 9.77. The van der Waals surface area contributed by atoms with Gasteiger partial charge in [-0.2, -0.15) is 5.10 Å². The summed E-state index contributed by atoms with van der Waals surface area (Å²) < 4.78 is 0. The molecule has 0 spiro atoms. The summed E-state index contributed by atoms with van der Waals surface area (Å²) in [7, 11) is 0. The van der Waals surface area contributed by atoms with Crippen LogP contribution in [0.4, 0.5) is 0 Å². The number of phenols is 1. The van der Waals surface area contributed by atoms with Gasteiger partial charge in [-0.05, 0) is 74.6 Å². The quantitative estimate of drug-likeness (QED) is 0.665. The first-order valence-electron chi connectivity index (χ1n) is 7.97. The Morgan fingerprint density at radius 3 is 2.25 bits per heavy atom. The first kappa shape index (κ1) is 17.7. The fourth-order valence-corrected chi connectivity index (χ4v) is 2.63. The molecule has 0 atom stereocenters. The molecule has 0 unspecified atom stereocenters. The first-order chi connectivity index (χ1) is 11.3. The van der Waals surface area contributed by atoms with Gasteiger partial charge in [0, 0.05) is 0 Å². The number of carbonyl (C=O) groups excluding carboxylic acids is 1. The number of hydrogen-bond acceptors (Lipinski definition) is 3. The molecule has 0 aliphatic heterocycles. The average molecular weight is 324 g/mol. The number of rotatable bonds is 4. The largest absolute Gasteiger partial charge is 0.507 e. The summed E-state index contributed by atoms with van der Waals surface area (Å²) in [6.45, 7) is 9.57. The molecule has 2 N–H and O–H groups in total. The van der Waals surface area contributed by atoms with Crippen LogP contribution in [0.25, 0.3) is 0 Å². The third-order valence-corrected chi connectivity index (χ3v) is 4.11. The van der Waals surface area contributed by atoms with E-state index in [0.717, 1.165) is 27.8 Å². The molecular weight excluding hydrogens is 300 g/mol. The maximum Gasteiger partial charge on any atom is 0.244 e. The summed E-state index contributed by atoms with van der Waals surface area (Å²) in [5.41, 5.74) is 9.08. The van der Waals surface area contributed by atoms with Crippen molar-refractivity contribution in [2.45, 2.75) is 41.0 Å². The van der Waals surface area contributed by atoms with Gasteiger partial charge in [-0.25, -0.2) is 5.43 Å². The van der Waals surface area contributed by atoms with Gasteiger partial charge in [-0.1, -0.05) is 23.8 Å². The summed E-state index contributed by atoms with van der Waals surface area (Å²) >= 11 is 0. The highest BCUT2D eigenvalue weighted by Gasteiger charge is 2.08. The summed E-state index contributed by atoms with van der Waals surface area (Å²) in [5, 5.41) is 14.0. The van der Waals surface area contributed by atoms with Gasteiger partial charge in [0.25, 0.3) is 0 Å². The molecule has 0 heterocycles. The lowest BCUT2D eigenvalue weighted by molar-refractivity contribution is -0.120. The van der Waals surface area contributed by atoms with Gasteiger partial charge in [-0.15, -0.1) is 0 Å². The zero-order valence-corrected chi connectivity index (χ0v) is 14.9. The van der Waals surface area contributed by atoms with E-state index in [1.165, 1.54) is 5.56 Å². The Hall–Kier alpha value is -2.62. The molecule has 0 radical (unpaired) electrons. The van der Waals surface area contributed by atoms with Crippen molar-refractivity contribution in [2.75, 3.05) is 0 Å². The summed E-state index contributed by atoms with van der Waals surface area (Å²) in [4.78, 5) is 12.1. The molecule has 2 aromatic carbocycles. The second-order valence-electron chi connectivity index (χ2n) is 6.30. The fourth-order valence-electron chi connectivity index (χ4n) is 2.63.